The van der Waals surface area contributed by atoms with Crippen molar-refractivity contribution in [2.75, 3.05) is 14.2 Å². The summed E-state index contributed by atoms with van der Waals surface area (Å²) in [6.45, 7) is 6.45. The average molecular weight is 365 g/mol. The first-order chi connectivity index (χ1) is 12.8. The van der Waals surface area contributed by atoms with Crippen LogP contribution in [0.4, 0.5) is 0 Å². The number of ether oxygens (including phenoxy) is 3. The van der Waals surface area contributed by atoms with Crippen LogP contribution >= 0.6 is 0 Å². The van der Waals surface area contributed by atoms with Crippen LogP contribution in [0.25, 0.3) is 6.08 Å². The van der Waals surface area contributed by atoms with Crippen LogP contribution in [0.15, 0.2) is 53.2 Å². The zero-order valence-electron chi connectivity index (χ0n) is 16.2. The van der Waals surface area contributed by atoms with Gasteiger partial charge in [-0.3, -0.25) is 0 Å². The van der Waals surface area contributed by atoms with Gasteiger partial charge in [-0.2, -0.15) is 0 Å². The second-order valence-corrected chi connectivity index (χ2v) is 7.27. The Morgan fingerprint density at radius 3 is 2.30 bits per heavy atom. The Labute approximate surface area is 159 Å². The molecule has 0 atom stereocenters. The molecule has 0 fully saturated rings. The number of benzene rings is 2. The van der Waals surface area contributed by atoms with Crippen molar-refractivity contribution in [2.24, 2.45) is 4.99 Å². The third kappa shape index (κ3) is 4.03. The number of aliphatic imine (C=N–C) groups is 1. The Hall–Kier alpha value is -3.08. The van der Waals surface area contributed by atoms with Crippen molar-refractivity contribution in [3.63, 3.8) is 0 Å². The van der Waals surface area contributed by atoms with Gasteiger partial charge in [0.1, 0.15) is 11.5 Å². The van der Waals surface area contributed by atoms with E-state index in [9.17, 15) is 4.79 Å². The summed E-state index contributed by atoms with van der Waals surface area (Å²) < 4.78 is 15.9. The van der Waals surface area contributed by atoms with Crippen molar-refractivity contribution in [3.8, 4) is 11.5 Å². The maximum absolute atomic E-state index is 12.2. The van der Waals surface area contributed by atoms with E-state index in [2.05, 4.69) is 25.8 Å². The Morgan fingerprint density at radius 1 is 1.00 bits per heavy atom. The number of rotatable bonds is 4. The third-order valence-electron chi connectivity index (χ3n) is 4.35. The zero-order valence-corrected chi connectivity index (χ0v) is 16.2. The van der Waals surface area contributed by atoms with Crippen molar-refractivity contribution < 1.29 is 19.0 Å². The van der Waals surface area contributed by atoms with Gasteiger partial charge >= 0.3 is 5.97 Å². The Morgan fingerprint density at radius 2 is 1.70 bits per heavy atom. The van der Waals surface area contributed by atoms with Gasteiger partial charge in [-0.05, 0) is 41.3 Å². The molecule has 0 saturated heterocycles. The average Bonchev–Trinajstić information content (AvgIpc) is 3.02. The monoisotopic (exact) mass is 365 g/mol. The van der Waals surface area contributed by atoms with Gasteiger partial charge in [-0.15, -0.1) is 0 Å². The minimum Gasteiger partial charge on any atom is -0.497 e. The smallest absolute Gasteiger partial charge is 0.363 e. The van der Waals surface area contributed by atoms with Crippen molar-refractivity contribution in [2.45, 2.75) is 26.2 Å². The minimum atomic E-state index is -0.484. The molecule has 1 aliphatic heterocycles. The van der Waals surface area contributed by atoms with E-state index in [4.69, 9.17) is 14.2 Å². The number of carbonyl (C=O) groups is 1. The number of nitrogens with zero attached hydrogens (tertiary/aromatic N) is 1. The molecular weight excluding hydrogens is 342 g/mol. The fraction of sp³-hybridized carbons (Fsp3) is 0.273. The molecule has 0 aliphatic carbocycles. The zero-order chi connectivity index (χ0) is 19.6. The first kappa shape index (κ1) is 18.7. The molecule has 0 aromatic heterocycles. The minimum absolute atomic E-state index is 0.0582. The maximum Gasteiger partial charge on any atom is 0.363 e. The number of carbonyl (C=O) groups excluding carboxylic acids is 1. The van der Waals surface area contributed by atoms with Crippen LogP contribution in [0.1, 0.15) is 37.5 Å². The lowest BCUT2D eigenvalue weighted by Gasteiger charge is -2.18. The lowest BCUT2D eigenvalue weighted by Crippen LogP contribution is -2.11. The molecule has 0 saturated carbocycles. The van der Waals surface area contributed by atoms with Gasteiger partial charge in [-0.25, -0.2) is 9.79 Å². The molecule has 0 spiro atoms. The number of cyclic esters (lactones) is 1. The molecule has 0 bridgehead atoms. The molecule has 0 amide bonds. The van der Waals surface area contributed by atoms with Gasteiger partial charge in [0.15, 0.2) is 5.70 Å². The first-order valence-corrected chi connectivity index (χ1v) is 8.67. The van der Waals surface area contributed by atoms with E-state index in [-0.39, 0.29) is 11.1 Å². The van der Waals surface area contributed by atoms with E-state index in [0.717, 1.165) is 11.1 Å². The fourth-order valence-electron chi connectivity index (χ4n) is 2.73. The molecule has 27 heavy (non-hydrogen) atoms. The van der Waals surface area contributed by atoms with Crippen LogP contribution < -0.4 is 9.47 Å². The molecular formula is C22H23NO4. The number of hydrogen-bond donors (Lipinski definition) is 0. The topological polar surface area (TPSA) is 57.1 Å². The molecule has 2 aromatic rings. The summed E-state index contributed by atoms with van der Waals surface area (Å²) in [5, 5.41) is 0. The van der Waals surface area contributed by atoms with E-state index in [1.165, 1.54) is 5.56 Å². The van der Waals surface area contributed by atoms with Gasteiger partial charge in [0.25, 0.3) is 0 Å². The predicted octanol–water partition coefficient (Wildman–Crippen LogP) is 4.35. The highest BCUT2D eigenvalue weighted by Crippen LogP contribution is 2.29. The van der Waals surface area contributed by atoms with Crippen LogP contribution in [-0.4, -0.2) is 26.1 Å². The van der Waals surface area contributed by atoms with Gasteiger partial charge in [0.2, 0.25) is 5.90 Å². The Kier molecular flexibility index (Phi) is 5.04. The van der Waals surface area contributed by atoms with Gasteiger partial charge in [0, 0.05) is 17.2 Å². The van der Waals surface area contributed by atoms with Crippen molar-refractivity contribution >= 4 is 17.9 Å². The largest absolute Gasteiger partial charge is 0.497 e. The SMILES string of the molecule is COc1ccc(/C=C2\N=C(c3ccc(C(C)(C)C)cc3)OC2=O)c(OC)c1. The molecule has 0 N–H and O–H groups in total. The first-order valence-electron chi connectivity index (χ1n) is 8.67. The molecule has 0 unspecified atom stereocenters. The summed E-state index contributed by atoms with van der Waals surface area (Å²) >= 11 is 0. The summed E-state index contributed by atoms with van der Waals surface area (Å²) in [5.74, 6) is 1.08. The van der Waals surface area contributed by atoms with E-state index in [1.807, 2.05) is 30.3 Å². The van der Waals surface area contributed by atoms with Gasteiger partial charge in [0.05, 0.1) is 14.2 Å². The summed E-state index contributed by atoms with van der Waals surface area (Å²) in [6.07, 6.45) is 1.65. The Bertz CT molecular complexity index is 918. The summed E-state index contributed by atoms with van der Waals surface area (Å²) in [7, 11) is 3.15. The fourth-order valence-corrected chi connectivity index (χ4v) is 2.73. The predicted molar refractivity (Wildman–Crippen MR) is 105 cm³/mol. The van der Waals surface area contributed by atoms with Crippen molar-refractivity contribution in [3.05, 3.63) is 64.9 Å². The number of hydrogen-bond acceptors (Lipinski definition) is 5. The quantitative estimate of drug-likeness (QED) is 0.597. The second-order valence-electron chi connectivity index (χ2n) is 7.27. The van der Waals surface area contributed by atoms with E-state index in [0.29, 0.717) is 17.4 Å². The lowest BCUT2D eigenvalue weighted by molar-refractivity contribution is -0.129. The van der Waals surface area contributed by atoms with Crippen molar-refractivity contribution in [1.29, 1.82) is 0 Å². The molecule has 2 aromatic carbocycles. The van der Waals surface area contributed by atoms with Gasteiger partial charge in [-0.1, -0.05) is 32.9 Å². The van der Waals surface area contributed by atoms with Crippen LogP contribution in [0.2, 0.25) is 0 Å². The van der Waals surface area contributed by atoms with E-state index in [1.54, 1.807) is 32.4 Å². The molecule has 0 radical (unpaired) electrons. The highest BCUT2D eigenvalue weighted by molar-refractivity contribution is 6.13. The summed E-state index contributed by atoms with van der Waals surface area (Å²) in [6, 6.07) is 13.3. The highest BCUT2D eigenvalue weighted by atomic mass is 16.6. The molecule has 1 heterocycles. The normalized spacial score (nSPS) is 15.5. The molecule has 5 heteroatoms. The molecule has 140 valence electrons. The van der Waals surface area contributed by atoms with Crippen LogP contribution in [-0.2, 0) is 14.9 Å². The van der Waals surface area contributed by atoms with Gasteiger partial charge < -0.3 is 14.2 Å². The van der Waals surface area contributed by atoms with Crippen LogP contribution in [0, 0.1) is 0 Å². The number of methoxy groups -OCH3 is 2. The standard InChI is InChI=1S/C22H23NO4/c1-22(2,3)16-9-6-14(7-10-16)20-23-18(21(24)27-20)12-15-8-11-17(25-4)13-19(15)26-5/h6-13H,1-5H3/b18-12-. The van der Waals surface area contributed by atoms with Crippen LogP contribution in [0.3, 0.4) is 0 Å². The molecule has 5 nitrogen and oxygen atoms in total. The second kappa shape index (κ2) is 7.27. The lowest BCUT2D eigenvalue weighted by atomic mass is 9.87. The van der Waals surface area contributed by atoms with Crippen molar-refractivity contribution in [1.82, 2.24) is 0 Å². The van der Waals surface area contributed by atoms with E-state index < -0.39 is 5.97 Å². The Balaban J connectivity index is 1.91. The third-order valence-corrected chi connectivity index (χ3v) is 4.35. The molecule has 3 rings (SSSR count). The summed E-state index contributed by atoms with van der Waals surface area (Å²) in [4.78, 5) is 16.6. The van der Waals surface area contributed by atoms with Crippen LogP contribution in [0.5, 0.6) is 11.5 Å². The molecule has 1 aliphatic rings. The summed E-state index contributed by atoms with van der Waals surface area (Å²) in [5.41, 5.74) is 2.98. The number of esters is 1. The van der Waals surface area contributed by atoms with E-state index >= 15 is 0 Å². The maximum atomic E-state index is 12.2. The highest BCUT2D eigenvalue weighted by Gasteiger charge is 2.25.